The zero-order valence-electron chi connectivity index (χ0n) is 14.6. The summed E-state index contributed by atoms with van der Waals surface area (Å²) in [6, 6.07) is 11.4. The Balaban J connectivity index is 1.47. The fourth-order valence-electron chi connectivity index (χ4n) is 3.71. The van der Waals surface area contributed by atoms with Crippen LogP contribution in [0.25, 0.3) is 0 Å². The van der Waals surface area contributed by atoms with E-state index in [0.29, 0.717) is 32.7 Å². The van der Waals surface area contributed by atoms with Crippen molar-refractivity contribution in [3.8, 4) is 5.75 Å². The van der Waals surface area contributed by atoms with Gasteiger partial charge >= 0.3 is 0 Å². The van der Waals surface area contributed by atoms with Crippen LogP contribution in [-0.2, 0) is 22.6 Å². The summed E-state index contributed by atoms with van der Waals surface area (Å²) in [7, 11) is 0. The van der Waals surface area contributed by atoms with Crippen molar-refractivity contribution in [2.45, 2.75) is 31.8 Å². The molecule has 1 aromatic carbocycles. The minimum Gasteiger partial charge on any atom is -0.491 e. The maximum atomic E-state index is 13.2. The molecule has 3 heterocycles. The highest BCUT2D eigenvalue weighted by Gasteiger charge is 2.37. The van der Waals surface area contributed by atoms with Gasteiger partial charge in [0.15, 0.2) is 0 Å². The summed E-state index contributed by atoms with van der Waals surface area (Å²) in [6.45, 7) is 2.25. The molecule has 2 amide bonds. The maximum Gasteiger partial charge on any atom is 0.245 e. The number of likely N-dealkylation sites (tertiary alicyclic amines) is 1. The minimum atomic E-state index is -0.340. The van der Waals surface area contributed by atoms with E-state index in [2.05, 4.69) is 0 Å². The van der Waals surface area contributed by atoms with Gasteiger partial charge in [-0.2, -0.15) is 0 Å². The van der Waals surface area contributed by atoms with E-state index < -0.39 is 0 Å². The minimum absolute atomic E-state index is 0.0438. The highest BCUT2D eigenvalue weighted by molar-refractivity contribution is 7.10. The Kier molecular flexibility index (Phi) is 4.93. The summed E-state index contributed by atoms with van der Waals surface area (Å²) in [5.74, 6) is 0.942. The first-order valence-electron chi connectivity index (χ1n) is 9.04. The van der Waals surface area contributed by atoms with E-state index in [1.807, 2.05) is 46.7 Å². The fraction of sp³-hybridized carbons (Fsp3) is 0.400. The lowest BCUT2D eigenvalue weighted by molar-refractivity contribution is -0.144. The largest absolute Gasteiger partial charge is 0.491 e. The molecule has 2 aromatic rings. The smallest absolute Gasteiger partial charge is 0.245 e. The molecule has 0 N–H and O–H groups in total. The van der Waals surface area contributed by atoms with E-state index in [0.717, 1.165) is 29.0 Å². The predicted molar refractivity (Wildman–Crippen MR) is 100 cm³/mol. The first-order chi connectivity index (χ1) is 12.7. The molecule has 1 saturated heterocycles. The predicted octanol–water partition coefficient (Wildman–Crippen LogP) is 2.70. The molecule has 0 aliphatic carbocycles. The molecule has 2 aliphatic heterocycles. The van der Waals surface area contributed by atoms with E-state index >= 15 is 0 Å². The zero-order valence-corrected chi connectivity index (χ0v) is 15.4. The summed E-state index contributed by atoms with van der Waals surface area (Å²) in [4.78, 5) is 30.5. The van der Waals surface area contributed by atoms with Crippen molar-refractivity contribution in [2.75, 3.05) is 19.7 Å². The molecule has 1 aromatic heterocycles. The third-order valence-corrected chi connectivity index (χ3v) is 5.90. The van der Waals surface area contributed by atoms with Crippen LogP contribution in [0.15, 0.2) is 41.8 Å². The Morgan fingerprint density at radius 1 is 1.15 bits per heavy atom. The van der Waals surface area contributed by atoms with E-state index in [1.165, 1.54) is 0 Å². The number of fused-ring (bicyclic) bond motifs is 1. The summed E-state index contributed by atoms with van der Waals surface area (Å²) < 4.78 is 5.76. The first kappa shape index (κ1) is 17.1. The number of carbonyl (C=O) groups excluding carboxylic acids is 2. The highest BCUT2D eigenvalue weighted by atomic mass is 32.1. The third kappa shape index (κ3) is 3.46. The molecule has 2 aliphatic rings. The summed E-state index contributed by atoms with van der Waals surface area (Å²) in [5, 5.41) is 1.98. The van der Waals surface area contributed by atoms with Gasteiger partial charge in [-0.15, -0.1) is 11.3 Å². The van der Waals surface area contributed by atoms with Crippen LogP contribution in [0.5, 0.6) is 5.75 Å². The number of benzene rings is 1. The summed E-state index contributed by atoms with van der Waals surface area (Å²) in [5.41, 5.74) is 1.02. The Morgan fingerprint density at radius 3 is 2.88 bits per heavy atom. The van der Waals surface area contributed by atoms with Gasteiger partial charge in [0, 0.05) is 23.5 Å². The SMILES string of the molecule is O=C(C1CCCN1C(=O)Cc1cccs1)N1CCOc2ccccc2C1. The molecule has 136 valence electrons. The van der Waals surface area contributed by atoms with Crippen LogP contribution in [0.2, 0.25) is 0 Å². The van der Waals surface area contributed by atoms with Crippen LogP contribution in [0, 0.1) is 0 Å². The quantitative estimate of drug-likeness (QED) is 0.835. The van der Waals surface area contributed by atoms with Gasteiger partial charge in [-0.1, -0.05) is 24.3 Å². The summed E-state index contributed by atoms with van der Waals surface area (Å²) in [6.07, 6.45) is 2.01. The number of thiophene rings is 1. The Hall–Kier alpha value is -2.34. The molecule has 4 rings (SSSR count). The van der Waals surface area contributed by atoms with Gasteiger partial charge < -0.3 is 14.5 Å². The number of para-hydroxylation sites is 1. The van der Waals surface area contributed by atoms with Crippen LogP contribution < -0.4 is 4.74 Å². The Labute approximate surface area is 157 Å². The van der Waals surface area contributed by atoms with Crippen molar-refractivity contribution in [3.05, 3.63) is 52.2 Å². The van der Waals surface area contributed by atoms with Gasteiger partial charge in [0.1, 0.15) is 18.4 Å². The molecule has 6 heteroatoms. The van der Waals surface area contributed by atoms with Crippen molar-refractivity contribution >= 4 is 23.2 Å². The maximum absolute atomic E-state index is 13.2. The van der Waals surface area contributed by atoms with Crippen LogP contribution in [0.3, 0.4) is 0 Å². The summed E-state index contributed by atoms with van der Waals surface area (Å²) >= 11 is 1.58. The van der Waals surface area contributed by atoms with Crippen molar-refractivity contribution in [3.63, 3.8) is 0 Å². The van der Waals surface area contributed by atoms with Gasteiger partial charge in [0.05, 0.1) is 13.0 Å². The number of carbonyl (C=O) groups is 2. The number of nitrogens with zero attached hydrogens (tertiary/aromatic N) is 2. The fourth-order valence-corrected chi connectivity index (χ4v) is 4.41. The molecule has 1 atom stereocenters. The molecular formula is C20H22N2O3S. The second kappa shape index (κ2) is 7.50. The lowest BCUT2D eigenvalue weighted by Crippen LogP contribution is -2.48. The average Bonchev–Trinajstić information content (AvgIpc) is 3.29. The van der Waals surface area contributed by atoms with Gasteiger partial charge in [-0.25, -0.2) is 0 Å². The number of rotatable bonds is 3. The normalized spacial score (nSPS) is 19.6. The van der Waals surface area contributed by atoms with Crippen LogP contribution in [-0.4, -0.2) is 47.4 Å². The second-order valence-electron chi connectivity index (χ2n) is 6.72. The average molecular weight is 370 g/mol. The molecular weight excluding hydrogens is 348 g/mol. The molecule has 1 fully saturated rings. The first-order valence-corrected chi connectivity index (χ1v) is 9.91. The van der Waals surface area contributed by atoms with Gasteiger partial charge in [-0.05, 0) is 30.4 Å². The number of amides is 2. The van der Waals surface area contributed by atoms with Crippen LogP contribution >= 0.6 is 11.3 Å². The number of hydrogen-bond acceptors (Lipinski definition) is 4. The van der Waals surface area contributed by atoms with E-state index in [-0.39, 0.29) is 17.9 Å². The topological polar surface area (TPSA) is 49.9 Å². The monoisotopic (exact) mass is 370 g/mol. The Bertz CT molecular complexity index is 790. The van der Waals surface area contributed by atoms with E-state index in [1.54, 1.807) is 16.2 Å². The molecule has 1 unspecified atom stereocenters. The number of hydrogen-bond donors (Lipinski definition) is 0. The molecule has 5 nitrogen and oxygen atoms in total. The van der Waals surface area contributed by atoms with Crippen molar-refractivity contribution in [1.29, 1.82) is 0 Å². The second-order valence-corrected chi connectivity index (χ2v) is 7.75. The van der Waals surface area contributed by atoms with E-state index in [4.69, 9.17) is 4.74 Å². The standard InChI is InChI=1S/C20H22N2O3S/c23-19(13-16-6-4-12-26-16)22-9-3-7-17(22)20(24)21-10-11-25-18-8-2-1-5-15(18)14-21/h1-2,4-6,8,12,17H,3,7,9-11,13-14H2. The van der Waals surface area contributed by atoms with E-state index in [9.17, 15) is 9.59 Å². The van der Waals surface area contributed by atoms with Crippen molar-refractivity contribution in [2.24, 2.45) is 0 Å². The molecule has 0 bridgehead atoms. The van der Waals surface area contributed by atoms with Crippen LogP contribution in [0.4, 0.5) is 0 Å². The van der Waals surface area contributed by atoms with Gasteiger partial charge in [0.2, 0.25) is 11.8 Å². The zero-order chi connectivity index (χ0) is 17.9. The van der Waals surface area contributed by atoms with Gasteiger partial charge in [0.25, 0.3) is 0 Å². The molecule has 0 radical (unpaired) electrons. The lowest BCUT2D eigenvalue weighted by atomic mass is 10.1. The molecule has 0 saturated carbocycles. The lowest BCUT2D eigenvalue weighted by Gasteiger charge is -2.29. The van der Waals surface area contributed by atoms with Crippen LogP contribution in [0.1, 0.15) is 23.3 Å². The van der Waals surface area contributed by atoms with Crippen molar-refractivity contribution < 1.29 is 14.3 Å². The molecule has 0 spiro atoms. The Morgan fingerprint density at radius 2 is 2.04 bits per heavy atom. The van der Waals surface area contributed by atoms with Gasteiger partial charge in [-0.3, -0.25) is 9.59 Å². The molecule has 26 heavy (non-hydrogen) atoms. The highest BCUT2D eigenvalue weighted by Crippen LogP contribution is 2.26. The number of ether oxygens (including phenoxy) is 1. The van der Waals surface area contributed by atoms with Crippen molar-refractivity contribution in [1.82, 2.24) is 9.80 Å². The third-order valence-electron chi connectivity index (χ3n) is 5.03.